The maximum Gasteiger partial charge on any atom is 0.0547 e. The fourth-order valence-electron chi connectivity index (χ4n) is 9.21. The van der Waals surface area contributed by atoms with Crippen LogP contribution < -0.4 is 0 Å². The highest BCUT2D eigenvalue weighted by Gasteiger charge is 2.16. The Morgan fingerprint density at radius 1 is 0.207 bits per heavy atom. The first-order chi connectivity index (χ1) is 28.7. The van der Waals surface area contributed by atoms with Gasteiger partial charge < -0.3 is 9.13 Å². The van der Waals surface area contributed by atoms with Crippen molar-refractivity contribution < 1.29 is 0 Å². The van der Waals surface area contributed by atoms with Gasteiger partial charge in [0.05, 0.1) is 22.1 Å². The van der Waals surface area contributed by atoms with Crippen molar-refractivity contribution in [3.05, 3.63) is 218 Å². The van der Waals surface area contributed by atoms with Gasteiger partial charge in [-0.1, -0.05) is 158 Å². The van der Waals surface area contributed by atoms with E-state index in [4.69, 9.17) is 0 Å². The molecule has 2 heteroatoms. The van der Waals surface area contributed by atoms with Crippen molar-refractivity contribution >= 4 is 65.2 Å². The van der Waals surface area contributed by atoms with E-state index in [2.05, 4.69) is 228 Å². The number of para-hydroxylation sites is 2. The van der Waals surface area contributed by atoms with Gasteiger partial charge in [0, 0.05) is 32.9 Å². The first-order valence-corrected chi connectivity index (χ1v) is 20.0. The molecule has 0 spiro atoms. The monoisotopic (exact) mass is 736 g/mol. The van der Waals surface area contributed by atoms with Crippen LogP contribution >= 0.6 is 0 Å². The molecule has 0 saturated heterocycles. The van der Waals surface area contributed by atoms with Crippen LogP contribution in [-0.2, 0) is 0 Å². The molecule has 270 valence electrons. The van der Waals surface area contributed by atoms with Gasteiger partial charge in [-0.25, -0.2) is 0 Å². The number of nitrogens with zero attached hydrogens (tertiary/aromatic N) is 2. The lowest BCUT2D eigenvalue weighted by atomic mass is 9.98. The van der Waals surface area contributed by atoms with Crippen LogP contribution in [0.25, 0.3) is 110 Å². The minimum atomic E-state index is 1.17. The Hall–Kier alpha value is -7.68. The molecule has 0 radical (unpaired) electrons. The summed E-state index contributed by atoms with van der Waals surface area (Å²) in [5.41, 5.74) is 14.5. The highest BCUT2D eigenvalue weighted by Crippen LogP contribution is 2.38. The summed E-state index contributed by atoms with van der Waals surface area (Å²) >= 11 is 0. The topological polar surface area (TPSA) is 9.86 Å². The van der Waals surface area contributed by atoms with Crippen molar-refractivity contribution in [2.75, 3.05) is 0 Å². The van der Waals surface area contributed by atoms with E-state index >= 15 is 0 Å². The lowest BCUT2D eigenvalue weighted by Crippen LogP contribution is -1.94. The molecule has 2 heterocycles. The molecule has 0 saturated carbocycles. The molecule has 2 aromatic heterocycles. The van der Waals surface area contributed by atoms with Crippen molar-refractivity contribution in [2.24, 2.45) is 0 Å². The van der Waals surface area contributed by atoms with Crippen LogP contribution in [0.15, 0.2) is 218 Å². The third-order valence-electron chi connectivity index (χ3n) is 12.1. The smallest absolute Gasteiger partial charge is 0.0547 e. The Kier molecular flexibility index (Phi) is 7.26. The summed E-state index contributed by atoms with van der Waals surface area (Å²) in [6.07, 6.45) is 0. The largest absolute Gasteiger partial charge is 0.309 e. The fourth-order valence-corrected chi connectivity index (χ4v) is 9.21. The maximum atomic E-state index is 2.42. The molecule has 0 aliphatic heterocycles. The molecule has 0 N–H and O–H groups in total. The zero-order valence-electron chi connectivity index (χ0n) is 31.7. The molecule has 12 aromatic rings. The second kappa shape index (κ2) is 12.9. The van der Waals surface area contributed by atoms with Gasteiger partial charge in [0.15, 0.2) is 0 Å². The number of benzene rings is 10. The molecule has 58 heavy (non-hydrogen) atoms. The van der Waals surface area contributed by atoms with Crippen LogP contribution in [0.2, 0.25) is 0 Å². The summed E-state index contributed by atoms with van der Waals surface area (Å²) in [6.45, 7) is 0. The van der Waals surface area contributed by atoms with Gasteiger partial charge in [0.1, 0.15) is 0 Å². The fraction of sp³-hybridized carbons (Fsp3) is 0. The summed E-state index contributed by atoms with van der Waals surface area (Å²) < 4.78 is 4.83. The van der Waals surface area contributed by atoms with Crippen molar-refractivity contribution in [1.82, 2.24) is 9.13 Å². The van der Waals surface area contributed by atoms with Gasteiger partial charge in [-0.3, -0.25) is 0 Å². The van der Waals surface area contributed by atoms with E-state index in [0.717, 1.165) is 0 Å². The van der Waals surface area contributed by atoms with Crippen molar-refractivity contribution in [3.8, 4) is 44.8 Å². The van der Waals surface area contributed by atoms with E-state index in [1.807, 2.05) is 0 Å². The normalized spacial score (nSPS) is 11.8. The van der Waals surface area contributed by atoms with Crippen molar-refractivity contribution in [2.45, 2.75) is 0 Å². The zero-order valence-corrected chi connectivity index (χ0v) is 31.7. The number of hydrogen-bond acceptors (Lipinski definition) is 0. The number of aromatic nitrogens is 2. The quantitative estimate of drug-likeness (QED) is 0.167. The third-order valence-corrected chi connectivity index (χ3v) is 12.1. The Morgan fingerprint density at radius 2 is 0.638 bits per heavy atom. The highest BCUT2D eigenvalue weighted by molar-refractivity contribution is 6.12. The van der Waals surface area contributed by atoms with Gasteiger partial charge in [0.2, 0.25) is 0 Å². The SMILES string of the molecule is c1ccc(-c2ccc3cc(-n4c5ccccc5c5cc(-c6ccc(-c7ccc8c9ccccc9n(-c9ccc%10ccccc%10c9)c8c7)cc6)ccc54)ccc3c2)cc1. The average molecular weight is 737 g/mol. The summed E-state index contributed by atoms with van der Waals surface area (Å²) in [7, 11) is 0. The molecule has 12 rings (SSSR count). The standard InChI is InChI=1S/C56H36N2/c1-2-10-37(11-3-1)42-22-23-44-34-47(29-25-43(44)32-42)57-54-17-9-7-15-50(54)52-35-45(27-31-55(52)57)39-18-20-40(21-19-39)46-26-30-51-49-14-6-8-16-53(49)58(56(51)36-46)48-28-24-38-12-4-5-13-41(38)33-48/h1-36H. The summed E-state index contributed by atoms with van der Waals surface area (Å²) in [5.74, 6) is 0. The Bertz CT molecular complexity index is 3550. The van der Waals surface area contributed by atoms with Crippen LogP contribution in [0.1, 0.15) is 0 Å². The van der Waals surface area contributed by atoms with Gasteiger partial charge in [-0.15, -0.1) is 0 Å². The Labute approximate surface area is 336 Å². The summed E-state index contributed by atoms with van der Waals surface area (Å²) in [6, 6.07) is 80.0. The average Bonchev–Trinajstić information content (AvgIpc) is 3.81. The van der Waals surface area contributed by atoms with E-state index in [1.165, 1.54) is 110 Å². The van der Waals surface area contributed by atoms with E-state index in [0.29, 0.717) is 0 Å². The molecule has 0 fully saturated rings. The molecule has 0 amide bonds. The summed E-state index contributed by atoms with van der Waals surface area (Å²) in [4.78, 5) is 0. The van der Waals surface area contributed by atoms with Crippen LogP contribution in [-0.4, -0.2) is 9.13 Å². The molecule has 0 aliphatic rings. The lowest BCUT2D eigenvalue weighted by molar-refractivity contribution is 1.19. The number of rotatable bonds is 5. The molecular formula is C56H36N2. The van der Waals surface area contributed by atoms with Crippen LogP contribution in [0, 0.1) is 0 Å². The molecular weight excluding hydrogens is 701 g/mol. The van der Waals surface area contributed by atoms with Gasteiger partial charge in [-0.2, -0.15) is 0 Å². The van der Waals surface area contributed by atoms with Crippen LogP contribution in [0.4, 0.5) is 0 Å². The second-order valence-corrected chi connectivity index (χ2v) is 15.4. The maximum absolute atomic E-state index is 2.42. The molecule has 0 bridgehead atoms. The van der Waals surface area contributed by atoms with Crippen LogP contribution in [0.3, 0.4) is 0 Å². The number of fused-ring (bicyclic) bond motifs is 8. The Balaban J connectivity index is 0.915. The first-order valence-electron chi connectivity index (χ1n) is 20.0. The predicted octanol–water partition coefficient (Wildman–Crippen LogP) is 15.2. The lowest BCUT2D eigenvalue weighted by Gasteiger charge is -2.11. The van der Waals surface area contributed by atoms with Gasteiger partial charge >= 0.3 is 0 Å². The van der Waals surface area contributed by atoms with Crippen molar-refractivity contribution in [1.29, 1.82) is 0 Å². The van der Waals surface area contributed by atoms with Crippen molar-refractivity contribution in [3.63, 3.8) is 0 Å². The van der Waals surface area contributed by atoms with Crippen LogP contribution in [0.5, 0.6) is 0 Å². The molecule has 2 nitrogen and oxygen atoms in total. The van der Waals surface area contributed by atoms with Gasteiger partial charge in [0.25, 0.3) is 0 Å². The predicted molar refractivity (Wildman–Crippen MR) is 246 cm³/mol. The second-order valence-electron chi connectivity index (χ2n) is 15.4. The highest BCUT2D eigenvalue weighted by atomic mass is 15.0. The zero-order chi connectivity index (χ0) is 38.2. The minimum absolute atomic E-state index is 1.17. The van der Waals surface area contributed by atoms with E-state index in [9.17, 15) is 0 Å². The molecule has 10 aromatic carbocycles. The molecule has 0 aliphatic carbocycles. The molecule has 0 atom stereocenters. The molecule has 0 unspecified atom stereocenters. The summed E-state index contributed by atoms with van der Waals surface area (Å²) in [5, 5.41) is 10.00. The number of hydrogen-bond donors (Lipinski definition) is 0. The van der Waals surface area contributed by atoms with E-state index in [1.54, 1.807) is 0 Å². The Morgan fingerprint density at radius 3 is 1.38 bits per heavy atom. The third kappa shape index (κ3) is 5.19. The van der Waals surface area contributed by atoms with E-state index in [-0.39, 0.29) is 0 Å². The first kappa shape index (κ1) is 32.6. The minimum Gasteiger partial charge on any atom is -0.309 e. The van der Waals surface area contributed by atoms with E-state index < -0.39 is 0 Å². The van der Waals surface area contributed by atoms with Gasteiger partial charge in [-0.05, 0) is 116 Å².